The van der Waals surface area contributed by atoms with E-state index in [1.54, 1.807) is 0 Å². The Morgan fingerprint density at radius 3 is 2.80 bits per heavy atom. The van der Waals surface area contributed by atoms with Crippen molar-refractivity contribution in [3.63, 3.8) is 0 Å². The molecule has 0 saturated heterocycles. The first-order valence-electron chi connectivity index (χ1n) is 6.67. The summed E-state index contributed by atoms with van der Waals surface area (Å²) in [4.78, 5) is 4.44. The molecule has 0 spiro atoms. The number of anilines is 1. The maximum absolute atomic E-state index is 6.10. The summed E-state index contributed by atoms with van der Waals surface area (Å²) in [5.41, 5.74) is 10.1. The van der Waals surface area contributed by atoms with E-state index < -0.39 is 0 Å². The normalized spacial score (nSPS) is 10.9. The third-order valence-corrected chi connectivity index (χ3v) is 3.24. The van der Waals surface area contributed by atoms with Gasteiger partial charge in [0.15, 0.2) is 0 Å². The van der Waals surface area contributed by atoms with Gasteiger partial charge in [0.25, 0.3) is 0 Å². The number of imidazole rings is 1. The third kappa shape index (κ3) is 1.99. The molecule has 0 bridgehead atoms. The predicted molar refractivity (Wildman–Crippen MR) is 81.4 cm³/mol. The molecule has 0 radical (unpaired) electrons. The van der Waals surface area contributed by atoms with Crippen LogP contribution in [-0.2, 0) is 0 Å². The Bertz CT molecular complexity index is 762. The number of nitrogens with two attached hydrogens (primary N) is 1. The van der Waals surface area contributed by atoms with E-state index in [2.05, 4.69) is 11.1 Å². The summed E-state index contributed by atoms with van der Waals surface area (Å²) < 4.78 is 7.61. The number of aryl methyl sites for hydroxylation is 1. The molecule has 2 aromatic carbocycles. The van der Waals surface area contributed by atoms with Gasteiger partial charge in [-0.25, -0.2) is 4.98 Å². The zero-order chi connectivity index (χ0) is 14.1. The van der Waals surface area contributed by atoms with Crippen LogP contribution in [0.1, 0.15) is 12.5 Å². The van der Waals surface area contributed by atoms with E-state index in [1.165, 1.54) is 5.56 Å². The van der Waals surface area contributed by atoms with Crippen LogP contribution in [0.5, 0.6) is 5.75 Å². The van der Waals surface area contributed by atoms with E-state index in [-0.39, 0.29) is 0 Å². The first kappa shape index (κ1) is 12.5. The summed E-state index contributed by atoms with van der Waals surface area (Å²) >= 11 is 0. The van der Waals surface area contributed by atoms with E-state index in [9.17, 15) is 0 Å². The van der Waals surface area contributed by atoms with E-state index >= 15 is 0 Å². The topological polar surface area (TPSA) is 53.1 Å². The summed E-state index contributed by atoms with van der Waals surface area (Å²) in [7, 11) is 0. The Hall–Kier alpha value is -2.49. The lowest BCUT2D eigenvalue weighted by molar-refractivity contribution is 0.339. The molecule has 0 fully saturated rings. The minimum absolute atomic E-state index is 0.470. The van der Waals surface area contributed by atoms with Crippen LogP contribution in [0.15, 0.2) is 42.5 Å². The van der Waals surface area contributed by atoms with Crippen molar-refractivity contribution in [2.75, 3.05) is 12.3 Å². The van der Waals surface area contributed by atoms with Gasteiger partial charge in [-0.2, -0.15) is 0 Å². The highest BCUT2D eigenvalue weighted by Gasteiger charge is 2.13. The Kier molecular flexibility index (Phi) is 3.06. The lowest BCUT2D eigenvalue weighted by atomic mass is 10.2. The fourth-order valence-electron chi connectivity index (χ4n) is 2.38. The second kappa shape index (κ2) is 4.89. The fraction of sp³-hybridized carbons (Fsp3) is 0.188. The highest BCUT2D eigenvalue weighted by atomic mass is 16.5. The van der Waals surface area contributed by atoms with Gasteiger partial charge in [-0.05, 0) is 43.7 Å². The van der Waals surface area contributed by atoms with Gasteiger partial charge < -0.3 is 10.5 Å². The van der Waals surface area contributed by atoms with E-state index in [0.717, 1.165) is 22.5 Å². The predicted octanol–water partition coefficient (Wildman–Crippen LogP) is 3.31. The Labute approximate surface area is 117 Å². The molecule has 2 N–H and O–H groups in total. The Morgan fingerprint density at radius 1 is 1.20 bits per heavy atom. The first-order valence-corrected chi connectivity index (χ1v) is 6.67. The van der Waals surface area contributed by atoms with Gasteiger partial charge in [0, 0.05) is 0 Å². The van der Waals surface area contributed by atoms with Crippen molar-refractivity contribution in [3.05, 3.63) is 48.0 Å². The quantitative estimate of drug-likeness (QED) is 0.792. The fourth-order valence-corrected chi connectivity index (χ4v) is 2.38. The molecule has 1 aromatic heterocycles. The second-order valence-electron chi connectivity index (χ2n) is 4.70. The van der Waals surface area contributed by atoms with E-state index in [0.29, 0.717) is 12.6 Å². The summed E-state index contributed by atoms with van der Waals surface area (Å²) in [6.45, 7) is 4.63. The molecule has 4 heteroatoms. The molecule has 0 aliphatic rings. The Morgan fingerprint density at radius 2 is 2.00 bits per heavy atom. The van der Waals surface area contributed by atoms with Gasteiger partial charge in [-0.15, -0.1) is 0 Å². The molecule has 0 atom stereocenters. The average Bonchev–Trinajstić information content (AvgIpc) is 2.75. The number of aromatic nitrogens is 2. The Balaban J connectivity index is 2.27. The van der Waals surface area contributed by atoms with Crippen LogP contribution < -0.4 is 10.5 Å². The maximum Gasteiger partial charge on any atom is 0.206 e. The molecule has 102 valence electrons. The first-order chi connectivity index (χ1) is 9.70. The molecular formula is C16H17N3O. The molecule has 0 aliphatic heterocycles. The average molecular weight is 267 g/mol. The summed E-state index contributed by atoms with van der Waals surface area (Å²) in [5, 5.41) is 0. The number of benzene rings is 2. The molecule has 4 nitrogen and oxygen atoms in total. The number of hydrogen-bond donors (Lipinski definition) is 1. The van der Waals surface area contributed by atoms with Gasteiger partial charge in [0.05, 0.1) is 23.3 Å². The van der Waals surface area contributed by atoms with Crippen molar-refractivity contribution >= 4 is 17.0 Å². The van der Waals surface area contributed by atoms with Crippen molar-refractivity contribution in [3.8, 4) is 11.4 Å². The molecule has 1 heterocycles. The van der Waals surface area contributed by atoms with Crippen LogP contribution in [0.4, 0.5) is 5.95 Å². The third-order valence-electron chi connectivity index (χ3n) is 3.24. The highest BCUT2D eigenvalue weighted by Crippen LogP contribution is 2.29. The molecule has 0 aliphatic carbocycles. The molecule has 20 heavy (non-hydrogen) atoms. The minimum atomic E-state index is 0.470. The summed E-state index contributed by atoms with van der Waals surface area (Å²) in [6, 6.07) is 14.0. The second-order valence-corrected chi connectivity index (χ2v) is 4.70. The van der Waals surface area contributed by atoms with Crippen molar-refractivity contribution in [1.29, 1.82) is 0 Å². The molecule has 0 saturated carbocycles. The molecular weight excluding hydrogens is 250 g/mol. The number of hydrogen-bond acceptors (Lipinski definition) is 3. The zero-order valence-corrected chi connectivity index (χ0v) is 11.6. The van der Waals surface area contributed by atoms with Gasteiger partial charge in [0.1, 0.15) is 5.75 Å². The van der Waals surface area contributed by atoms with Crippen LogP contribution >= 0.6 is 0 Å². The molecule has 0 unspecified atom stereocenters. The number of ether oxygens (including phenoxy) is 1. The van der Waals surface area contributed by atoms with Crippen LogP contribution in [0.3, 0.4) is 0 Å². The van der Waals surface area contributed by atoms with Gasteiger partial charge in [0.2, 0.25) is 5.95 Å². The van der Waals surface area contributed by atoms with E-state index in [4.69, 9.17) is 10.5 Å². The van der Waals surface area contributed by atoms with Gasteiger partial charge in [-0.1, -0.05) is 18.2 Å². The molecule has 0 amide bonds. The van der Waals surface area contributed by atoms with Crippen LogP contribution in [0, 0.1) is 6.92 Å². The molecule has 3 aromatic rings. The SMILES string of the molecule is CCOc1ccccc1-n1c(N)nc2cc(C)ccc21. The summed E-state index contributed by atoms with van der Waals surface area (Å²) in [5.74, 6) is 1.28. The summed E-state index contributed by atoms with van der Waals surface area (Å²) in [6.07, 6.45) is 0. The maximum atomic E-state index is 6.10. The lowest BCUT2D eigenvalue weighted by Crippen LogP contribution is -2.04. The lowest BCUT2D eigenvalue weighted by Gasteiger charge is -2.12. The minimum Gasteiger partial charge on any atom is -0.492 e. The van der Waals surface area contributed by atoms with Gasteiger partial charge in [-0.3, -0.25) is 4.57 Å². The monoisotopic (exact) mass is 267 g/mol. The highest BCUT2D eigenvalue weighted by molar-refractivity contribution is 5.82. The smallest absolute Gasteiger partial charge is 0.206 e. The number of para-hydroxylation sites is 2. The van der Waals surface area contributed by atoms with Crippen LogP contribution in [0.2, 0.25) is 0 Å². The number of rotatable bonds is 3. The number of nitrogens with zero attached hydrogens (tertiary/aromatic N) is 2. The zero-order valence-electron chi connectivity index (χ0n) is 11.6. The van der Waals surface area contributed by atoms with Crippen LogP contribution in [-0.4, -0.2) is 16.2 Å². The number of nitrogen functional groups attached to an aromatic ring is 1. The van der Waals surface area contributed by atoms with Crippen LogP contribution in [0.25, 0.3) is 16.7 Å². The van der Waals surface area contributed by atoms with Crippen molar-refractivity contribution < 1.29 is 4.74 Å². The van der Waals surface area contributed by atoms with Crippen molar-refractivity contribution in [2.24, 2.45) is 0 Å². The van der Waals surface area contributed by atoms with Crippen molar-refractivity contribution in [2.45, 2.75) is 13.8 Å². The van der Waals surface area contributed by atoms with Crippen molar-refractivity contribution in [1.82, 2.24) is 9.55 Å². The molecule has 3 rings (SSSR count). The number of fused-ring (bicyclic) bond motifs is 1. The standard InChI is InChI=1S/C16H17N3O/c1-3-20-15-7-5-4-6-14(15)19-13-9-8-11(2)10-12(13)18-16(19)17/h4-10H,3H2,1-2H3,(H2,17,18). The van der Waals surface area contributed by atoms with E-state index in [1.807, 2.05) is 54.8 Å². The van der Waals surface area contributed by atoms with Gasteiger partial charge >= 0.3 is 0 Å². The largest absolute Gasteiger partial charge is 0.492 e.